The number of aromatic nitrogens is 1. The SMILES string of the molecule is CCOc1ccc([C@@H]2C(C(=O)Nc3ccccc3)=C(C)N=c3s/c(=C\c4ccc(OCc5ccc(F)cc5)c(Br)c4)c(=O)n32)cc1. The number of ether oxygens (including phenoxy) is 2. The number of anilines is 1. The van der Waals surface area contributed by atoms with Crippen molar-refractivity contribution in [1.29, 1.82) is 0 Å². The standard InChI is InChI=1S/C36H29BrFN3O4S/c1-3-44-28-16-12-25(13-17-28)33-32(34(42)40-27-7-5-4-6-8-27)22(2)39-36-41(33)35(43)31(46-36)20-24-11-18-30(29(37)19-24)45-21-23-9-14-26(38)15-10-23/h4-20,33H,3,21H2,1-2H3,(H,40,42)/b31-20-/t33-/m1/s1. The number of benzene rings is 4. The molecule has 2 heterocycles. The fourth-order valence-electron chi connectivity index (χ4n) is 5.18. The van der Waals surface area contributed by atoms with Crippen LogP contribution in [0.15, 0.2) is 123 Å². The molecule has 0 saturated carbocycles. The third-order valence-corrected chi connectivity index (χ3v) is 8.97. The highest BCUT2D eigenvalue weighted by Gasteiger charge is 2.32. The predicted molar refractivity (Wildman–Crippen MR) is 181 cm³/mol. The molecular weight excluding hydrogens is 669 g/mol. The van der Waals surface area contributed by atoms with Crippen LogP contribution in [0.25, 0.3) is 6.08 Å². The number of hydrogen-bond donors (Lipinski definition) is 1. The number of para-hydroxylation sites is 1. The third-order valence-electron chi connectivity index (χ3n) is 7.37. The van der Waals surface area contributed by atoms with Gasteiger partial charge in [0.05, 0.1) is 32.9 Å². The van der Waals surface area contributed by atoms with E-state index >= 15 is 0 Å². The van der Waals surface area contributed by atoms with Crippen LogP contribution < -0.4 is 29.7 Å². The Balaban J connectivity index is 1.36. The minimum atomic E-state index is -0.702. The van der Waals surface area contributed by atoms with E-state index in [0.29, 0.717) is 48.9 Å². The second-order valence-corrected chi connectivity index (χ2v) is 12.4. The van der Waals surface area contributed by atoms with Crippen LogP contribution in [0.5, 0.6) is 11.5 Å². The van der Waals surface area contributed by atoms with Gasteiger partial charge in [0.1, 0.15) is 23.9 Å². The molecule has 0 radical (unpaired) electrons. The van der Waals surface area contributed by atoms with E-state index in [0.717, 1.165) is 16.7 Å². The molecule has 1 amide bonds. The lowest BCUT2D eigenvalue weighted by atomic mass is 9.95. The van der Waals surface area contributed by atoms with Crippen molar-refractivity contribution >= 4 is 44.9 Å². The fourth-order valence-corrected chi connectivity index (χ4v) is 6.73. The van der Waals surface area contributed by atoms with Crippen molar-refractivity contribution in [3.63, 3.8) is 0 Å². The van der Waals surface area contributed by atoms with E-state index in [4.69, 9.17) is 14.5 Å². The van der Waals surface area contributed by atoms with Gasteiger partial charge in [-0.05, 0) is 101 Å². The van der Waals surface area contributed by atoms with Gasteiger partial charge in [-0.2, -0.15) is 0 Å². The molecule has 0 aliphatic carbocycles. The average molecular weight is 699 g/mol. The van der Waals surface area contributed by atoms with Crippen LogP contribution >= 0.6 is 27.3 Å². The van der Waals surface area contributed by atoms with Gasteiger partial charge in [-0.25, -0.2) is 9.38 Å². The summed E-state index contributed by atoms with van der Waals surface area (Å²) in [6.07, 6.45) is 1.80. The van der Waals surface area contributed by atoms with Crippen LogP contribution in [-0.4, -0.2) is 17.1 Å². The highest BCUT2D eigenvalue weighted by molar-refractivity contribution is 9.10. The number of nitrogens with zero attached hydrogens (tertiary/aromatic N) is 2. The summed E-state index contributed by atoms with van der Waals surface area (Å²) < 4.78 is 27.6. The molecule has 1 aliphatic heterocycles. The average Bonchev–Trinajstić information content (AvgIpc) is 3.35. The molecule has 46 heavy (non-hydrogen) atoms. The summed E-state index contributed by atoms with van der Waals surface area (Å²) in [5, 5.41) is 2.97. The number of rotatable bonds is 9. The van der Waals surface area contributed by atoms with Gasteiger partial charge in [0, 0.05) is 5.69 Å². The molecular formula is C36H29BrFN3O4S. The highest BCUT2D eigenvalue weighted by atomic mass is 79.9. The Kier molecular flexibility index (Phi) is 9.28. The lowest BCUT2D eigenvalue weighted by molar-refractivity contribution is -0.113. The maximum Gasteiger partial charge on any atom is 0.271 e. The number of allylic oxidation sites excluding steroid dienone is 1. The first kappa shape index (κ1) is 31.2. The van der Waals surface area contributed by atoms with Crippen molar-refractivity contribution in [2.45, 2.75) is 26.5 Å². The van der Waals surface area contributed by atoms with Crippen molar-refractivity contribution in [3.05, 3.63) is 155 Å². The van der Waals surface area contributed by atoms with Gasteiger partial charge in [0.2, 0.25) is 0 Å². The van der Waals surface area contributed by atoms with Gasteiger partial charge >= 0.3 is 0 Å². The number of carbonyl (C=O) groups is 1. The number of nitrogens with one attached hydrogen (secondary N) is 1. The molecule has 6 rings (SSSR count). The lowest BCUT2D eigenvalue weighted by Gasteiger charge is -2.25. The molecule has 1 aromatic heterocycles. The molecule has 0 spiro atoms. The zero-order valence-corrected chi connectivity index (χ0v) is 27.4. The minimum Gasteiger partial charge on any atom is -0.494 e. The van der Waals surface area contributed by atoms with Gasteiger partial charge in [-0.3, -0.25) is 14.2 Å². The first-order chi connectivity index (χ1) is 22.3. The molecule has 232 valence electrons. The van der Waals surface area contributed by atoms with Crippen molar-refractivity contribution in [2.75, 3.05) is 11.9 Å². The van der Waals surface area contributed by atoms with Crippen molar-refractivity contribution < 1.29 is 18.7 Å². The summed E-state index contributed by atoms with van der Waals surface area (Å²) in [6.45, 7) is 4.51. The minimum absolute atomic E-state index is 0.257. The maximum atomic E-state index is 14.1. The largest absolute Gasteiger partial charge is 0.494 e. The van der Waals surface area contributed by atoms with Crippen molar-refractivity contribution in [3.8, 4) is 11.5 Å². The van der Waals surface area contributed by atoms with Gasteiger partial charge in [0.15, 0.2) is 4.80 Å². The monoisotopic (exact) mass is 697 g/mol. The molecule has 0 bridgehead atoms. The lowest BCUT2D eigenvalue weighted by Crippen LogP contribution is -2.40. The first-order valence-corrected chi connectivity index (χ1v) is 16.2. The van der Waals surface area contributed by atoms with Crippen LogP contribution in [0.2, 0.25) is 0 Å². The fraction of sp³-hybridized carbons (Fsp3) is 0.139. The van der Waals surface area contributed by atoms with Gasteiger partial charge < -0.3 is 14.8 Å². The Bertz CT molecular complexity index is 2110. The quantitative estimate of drug-likeness (QED) is 0.185. The second-order valence-electron chi connectivity index (χ2n) is 10.5. The zero-order valence-electron chi connectivity index (χ0n) is 25.0. The summed E-state index contributed by atoms with van der Waals surface area (Å²) in [6, 6.07) is 27.6. The highest BCUT2D eigenvalue weighted by Crippen LogP contribution is 2.32. The first-order valence-electron chi connectivity index (χ1n) is 14.6. The molecule has 5 aromatic rings. The Morgan fingerprint density at radius 2 is 1.76 bits per heavy atom. The van der Waals surface area contributed by atoms with E-state index in [1.807, 2.05) is 79.7 Å². The Morgan fingerprint density at radius 3 is 2.46 bits per heavy atom. The summed E-state index contributed by atoms with van der Waals surface area (Å²) in [5.41, 5.74) is 3.69. The number of thiazole rings is 1. The van der Waals surface area contributed by atoms with Crippen molar-refractivity contribution in [1.82, 2.24) is 4.57 Å². The van der Waals surface area contributed by atoms with E-state index in [9.17, 15) is 14.0 Å². The molecule has 1 aliphatic rings. The Labute approximate surface area is 277 Å². The van der Waals surface area contributed by atoms with E-state index < -0.39 is 6.04 Å². The van der Waals surface area contributed by atoms with Crippen LogP contribution in [0.3, 0.4) is 0 Å². The van der Waals surface area contributed by atoms with Gasteiger partial charge in [-0.1, -0.05) is 59.9 Å². The maximum absolute atomic E-state index is 14.1. The van der Waals surface area contributed by atoms with Crippen LogP contribution in [-0.2, 0) is 11.4 Å². The Hall–Kier alpha value is -4.80. The summed E-state index contributed by atoms with van der Waals surface area (Å²) in [4.78, 5) is 33.1. The smallest absolute Gasteiger partial charge is 0.271 e. The summed E-state index contributed by atoms with van der Waals surface area (Å²) in [7, 11) is 0. The number of carbonyl (C=O) groups excluding carboxylic acids is 1. The number of halogens is 2. The molecule has 10 heteroatoms. The molecule has 0 saturated heterocycles. The number of amides is 1. The number of hydrogen-bond acceptors (Lipinski definition) is 6. The van der Waals surface area contributed by atoms with Crippen molar-refractivity contribution in [2.24, 2.45) is 4.99 Å². The molecule has 1 atom stereocenters. The number of fused-ring (bicyclic) bond motifs is 1. The topological polar surface area (TPSA) is 81.9 Å². The van der Waals surface area contributed by atoms with E-state index in [2.05, 4.69) is 21.2 Å². The normalized spacial score (nSPS) is 14.4. The second kappa shape index (κ2) is 13.7. The van der Waals surface area contributed by atoms with Crippen LogP contribution in [0.1, 0.15) is 36.6 Å². The molecule has 0 fully saturated rings. The molecule has 0 unspecified atom stereocenters. The zero-order chi connectivity index (χ0) is 32.2. The van der Waals surface area contributed by atoms with Crippen LogP contribution in [0.4, 0.5) is 10.1 Å². The molecule has 4 aromatic carbocycles. The van der Waals surface area contributed by atoms with Crippen LogP contribution in [0, 0.1) is 5.82 Å². The van der Waals surface area contributed by atoms with Gasteiger partial charge in [0.25, 0.3) is 11.5 Å². The van der Waals surface area contributed by atoms with E-state index in [-0.39, 0.29) is 23.9 Å². The van der Waals surface area contributed by atoms with E-state index in [1.165, 1.54) is 23.5 Å². The third kappa shape index (κ3) is 6.73. The molecule has 1 N–H and O–H groups in total. The van der Waals surface area contributed by atoms with Gasteiger partial charge in [-0.15, -0.1) is 0 Å². The summed E-state index contributed by atoms with van der Waals surface area (Å²) in [5.74, 6) is 0.682. The molecule has 7 nitrogen and oxygen atoms in total. The predicted octanol–water partition coefficient (Wildman–Crippen LogP) is 6.75. The Morgan fingerprint density at radius 1 is 1.02 bits per heavy atom. The van der Waals surface area contributed by atoms with E-state index in [1.54, 1.807) is 29.7 Å². The summed E-state index contributed by atoms with van der Waals surface area (Å²) >= 11 is 4.84.